The molecule has 0 spiro atoms. The summed E-state index contributed by atoms with van der Waals surface area (Å²) in [6.45, 7) is 0.262. The lowest BCUT2D eigenvalue weighted by Crippen LogP contribution is -2.29. The molecule has 1 aromatic heterocycles. The summed E-state index contributed by atoms with van der Waals surface area (Å²) in [6, 6.07) is 9.85. The van der Waals surface area contributed by atoms with Gasteiger partial charge in [0.15, 0.2) is 0 Å². The highest BCUT2D eigenvalue weighted by Gasteiger charge is 2.12. The summed E-state index contributed by atoms with van der Waals surface area (Å²) < 4.78 is 19.2. The number of likely N-dealkylation sites (N-methyl/N-ethyl adjacent to an activating group) is 1. The van der Waals surface area contributed by atoms with Gasteiger partial charge in [0.1, 0.15) is 17.3 Å². The van der Waals surface area contributed by atoms with Crippen LogP contribution in [0.3, 0.4) is 0 Å². The average molecular weight is 291 g/mol. The first kappa shape index (κ1) is 15.3. The van der Waals surface area contributed by atoms with Gasteiger partial charge in [0, 0.05) is 26.4 Å². The van der Waals surface area contributed by atoms with E-state index in [0.29, 0.717) is 36.5 Å². The number of benzene rings is 1. The van der Waals surface area contributed by atoms with Gasteiger partial charge in [0.2, 0.25) is 5.91 Å². The van der Waals surface area contributed by atoms with Crippen molar-refractivity contribution in [1.29, 1.82) is 0 Å². The molecule has 2 rings (SSSR count). The van der Waals surface area contributed by atoms with Crippen molar-refractivity contribution < 1.29 is 18.7 Å². The molecule has 5 heteroatoms. The van der Waals surface area contributed by atoms with Crippen LogP contribution in [0.4, 0.5) is 4.39 Å². The van der Waals surface area contributed by atoms with Gasteiger partial charge in [0.25, 0.3) is 0 Å². The predicted molar refractivity (Wildman–Crippen MR) is 77.1 cm³/mol. The van der Waals surface area contributed by atoms with E-state index in [1.807, 2.05) is 0 Å². The predicted octanol–water partition coefficient (Wildman–Crippen LogP) is 2.47. The Morgan fingerprint density at radius 2 is 2.05 bits per heavy atom. The second kappa shape index (κ2) is 7.04. The third-order valence-corrected chi connectivity index (χ3v) is 3.25. The number of rotatable bonds is 6. The highest BCUT2D eigenvalue weighted by atomic mass is 19.1. The molecule has 1 heterocycles. The van der Waals surface area contributed by atoms with Crippen molar-refractivity contribution in [2.75, 3.05) is 20.2 Å². The van der Waals surface area contributed by atoms with Crippen LogP contribution in [0, 0.1) is 5.82 Å². The zero-order chi connectivity index (χ0) is 15.2. The van der Waals surface area contributed by atoms with E-state index in [0.717, 1.165) is 0 Å². The fourth-order valence-electron chi connectivity index (χ4n) is 2.01. The standard InChI is InChI=1S/C16H18FNO3/c1-18(10-11-19)16(20)9-7-12-6-8-15(21-12)13-4-2-3-5-14(13)17/h2-6,8,19H,7,9-11H2,1H3. The SMILES string of the molecule is CN(CCO)C(=O)CCc1ccc(-c2ccccc2F)o1. The Morgan fingerprint density at radius 3 is 2.76 bits per heavy atom. The zero-order valence-electron chi connectivity index (χ0n) is 11.9. The lowest BCUT2D eigenvalue weighted by molar-refractivity contribution is -0.130. The number of aliphatic hydroxyl groups is 1. The second-order valence-electron chi connectivity index (χ2n) is 4.78. The molecule has 21 heavy (non-hydrogen) atoms. The number of furan rings is 1. The molecule has 0 unspecified atom stereocenters. The van der Waals surface area contributed by atoms with Crippen molar-refractivity contribution in [2.45, 2.75) is 12.8 Å². The number of aliphatic hydroxyl groups excluding tert-OH is 1. The molecule has 0 aliphatic carbocycles. The summed E-state index contributed by atoms with van der Waals surface area (Å²) in [5.41, 5.74) is 0.410. The Balaban J connectivity index is 1.98. The topological polar surface area (TPSA) is 53.7 Å². The van der Waals surface area contributed by atoms with Gasteiger partial charge in [-0.05, 0) is 24.3 Å². The molecule has 0 fully saturated rings. The van der Waals surface area contributed by atoms with Gasteiger partial charge in [-0.2, -0.15) is 0 Å². The van der Waals surface area contributed by atoms with Crippen LogP contribution in [0.15, 0.2) is 40.8 Å². The van der Waals surface area contributed by atoms with Crippen molar-refractivity contribution in [1.82, 2.24) is 4.90 Å². The van der Waals surface area contributed by atoms with Crippen LogP contribution in [-0.2, 0) is 11.2 Å². The molecule has 0 radical (unpaired) electrons. The highest BCUT2D eigenvalue weighted by Crippen LogP contribution is 2.25. The number of carbonyl (C=O) groups is 1. The Bertz CT molecular complexity index is 609. The van der Waals surface area contributed by atoms with Crippen molar-refractivity contribution in [3.8, 4) is 11.3 Å². The summed E-state index contributed by atoms with van der Waals surface area (Å²) in [4.78, 5) is 13.2. The number of halogens is 1. The zero-order valence-corrected chi connectivity index (χ0v) is 11.9. The molecule has 0 atom stereocenters. The van der Waals surface area contributed by atoms with E-state index in [2.05, 4.69) is 0 Å². The summed E-state index contributed by atoms with van der Waals surface area (Å²) in [5.74, 6) is 0.698. The first-order chi connectivity index (χ1) is 10.1. The molecule has 0 aliphatic heterocycles. The van der Waals surface area contributed by atoms with Crippen molar-refractivity contribution in [3.05, 3.63) is 48.0 Å². The Kier molecular flexibility index (Phi) is 5.11. The monoisotopic (exact) mass is 291 g/mol. The van der Waals surface area contributed by atoms with Crippen molar-refractivity contribution in [3.63, 3.8) is 0 Å². The summed E-state index contributed by atoms with van der Waals surface area (Å²) in [6.07, 6.45) is 0.740. The molecular formula is C16H18FNO3. The van der Waals surface area contributed by atoms with E-state index < -0.39 is 0 Å². The molecule has 1 amide bonds. The fraction of sp³-hybridized carbons (Fsp3) is 0.312. The minimum atomic E-state index is -0.336. The summed E-state index contributed by atoms with van der Waals surface area (Å²) in [7, 11) is 1.64. The largest absolute Gasteiger partial charge is 0.461 e. The molecule has 112 valence electrons. The Hall–Kier alpha value is -2.14. The van der Waals surface area contributed by atoms with E-state index in [-0.39, 0.29) is 18.3 Å². The number of amides is 1. The lowest BCUT2D eigenvalue weighted by Gasteiger charge is -2.14. The van der Waals surface area contributed by atoms with Gasteiger partial charge in [0.05, 0.1) is 12.2 Å². The van der Waals surface area contributed by atoms with Crippen LogP contribution in [0.25, 0.3) is 11.3 Å². The molecule has 4 nitrogen and oxygen atoms in total. The molecule has 1 aromatic carbocycles. The number of hydrogen-bond donors (Lipinski definition) is 1. The summed E-state index contributed by atoms with van der Waals surface area (Å²) in [5, 5.41) is 8.78. The maximum atomic E-state index is 13.6. The van der Waals surface area contributed by atoms with Crippen LogP contribution in [0.2, 0.25) is 0 Å². The number of nitrogens with zero attached hydrogens (tertiary/aromatic N) is 1. The molecule has 0 saturated carbocycles. The molecule has 0 aliphatic rings. The van der Waals surface area contributed by atoms with Gasteiger partial charge in [-0.3, -0.25) is 4.79 Å². The first-order valence-electron chi connectivity index (χ1n) is 6.80. The average Bonchev–Trinajstić information content (AvgIpc) is 2.94. The molecular weight excluding hydrogens is 273 g/mol. The quantitative estimate of drug-likeness (QED) is 0.889. The molecule has 0 bridgehead atoms. The third kappa shape index (κ3) is 3.92. The normalized spacial score (nSPS) is 10.6. The van der Waals surface area contributed by atoms with Gasteiger partial charge < -0.3 is 14.4 Å². The van der Waals surface area contributed by atoms with E-state index in [1.54, 1.807) is 37.4 Å². The van der Waals surface area contributed by atoms with Crippen LogP contribution < -0.4 is 0 Å². The maximum Gasteiger partial charge on any atom is 0.222 e. The highest BCUT2D eigenvalue weighted by molar-refractivity contribution is 5.76. The van der Waals surface area contributed by atoms with Gasteiger partial charge in [-0.15, -0.1) is 0 Å². The number of carbonyl (C=O) groups excluding carboxylic acids is 1. The Morgan fingerprint density at radius 1 is 1.29 bits per heavy atom. The first-order valence-corrected chi connectivity index (χ1v) is 6.80. The van der Waals surface area contributed by atoms with Gasteiger partial charge >= 0.3 is 0 Å². The van der Waals surface area contributed by atoms with Crippen LogP contribution in [0.5, 0.6) is 0 Å². The van der Waals surface area contributed by atoms with E-state index >= 15 is 0 Å². The number of hydrogen-bond acceptors (Lipinski definition) is 3. The van der Waals surface area contributed by atoms with E-state index in [1.165, 1.54) is 11.0 Å². The van der Waals surface area contributed by atoms with Gasteiger partial charge in [-0.25, -0.2) is 4.39 Å². The fourth-order valence-corrected chi connectivity index (χ4v) is 2.01. The lowest BCUT2D eigenvalue weighted by atomic mass is 10.1. The molecule has 1 N–H and O–H groups in total. The smallest absolute Gasteiger partial charge is 0.222 e. The summed E-state index contributed by atoms with van der Waals surface area (Å²) >= 11 is 0. The van der Waals surface area contributed by atoms with Crippen LogP contribution in [-0.4, -0.2) is 36.1 Å². The van der Waals surface area contributed by atoms with E-state index in [4.69, 9.17) is 9.52 Å². The minimum Gasteiger partial charge on any atom is -0.461 e. The van der Waals surface area contributed by atoms with Crippen molar-refractivity contribution in [2.24, 2.45) is 0 Å². The van der Waals surface area contributed by atoms with Crippen LogP contribution >= 0.6 is 0 Å². The third-order valence-electron chi connectivity index (χ3n) is 3.25. The minimum absolute atomic E-state index is 0.0551. The molecule has 0 saturated heterocycles. The number of aryl methyl sites for hydroxylation is 1. The van der Waals surface area contributed by atoms with Gasteiger partial charge in [-0.1, -0.05) is 12.1 Å². The second-order valence-corrected chi connectivity index (χ2v) is 4.78. The van der Waals surface area contributed by atoms with E-state index in [9.17, 15) is 9.18 Å². The molecule has 2 aromatic rings. The van der Waals surface area contributed by atoms with Crippen LogP contribution in [0.1, 0.15) is 12.2 Å². The van der Waals surface area contributed by atoms with Crippen molar-refractivity contribution >= 4 is 5.91 Å². The maximum absolute atomic E-state index is 13.6. The Labute approximate surface area is 122 Å².